The fourth-order valence-electron chi connectivity index (χ4n) is 3.53. The molecule has 0 aliphatic rings. The maximum absolute atomic E-state index is 11.8. The quantitative estimate of drug-likeness (QED) is 0.138. The van der Waals surface area contributed by atoms with Gasteiger partial charge in [-0.05, 0) is 58.7 Å². The smallest absolute Gasteiger partial charge is 0.150 e. The van der Waals surface area contributed by atoms with Crippen LogP contribution in [0.2, 0.25) is 0 Å². The van der Waals surface area contributed by atoms with Gasteiger partial charge in [0.1, 0.15) is 24.7 Å². The van der Waals surface area contributed by atoms with E-state index in [9.17, 15) is 9.59 Å². The molecule has 36 heavy (non-hydrogen) atoms. The van der Waals surface area contributed by atoms with Crippen LogP contribution in [0.15, 0.2) is 120 Å². The number of hydrogen-bond donors (Lipinski definition) is 0. The molecule has 0 amide bonds. The van der Waals surface area contributed by atoms with Crippen molar-refractivity contribution in [1.29, 1.82) is 0 Å². The third-order valence-corrected chi connectivity index (χ3v) is 5.49. The Morgan fingerprint density at radius 2 is 0.861 bits per heavy atom. The monoisotopic (exact) mass is 474 g/mol. The van der Waals surface area contributed by atoms with E-state index in [0.717, 1.165) is 33.8 Å². The van der Waals surface area contributed by atoms with Gasteiger partial charge in [0.05, 0.1) is 0 Å². The van der Waals surface area contributed by atoms with Crippen LogP contribution in [-0.2, 0) is 22.8 Å². The van der Waals surface area contributed by atoms with Crippen LogP contribution in [0.3, 0.4) is 0 Å². The molecule has 0 saturated carbocycles. The Labute approximate surface area is 211 Å². The highest BCUT2D eigenvalue weighted by Crippen LogP contribution is 2.20. The summed E-state index contributed by atoms with van der Waals surface area (Å²) in [5, 5.41) is 0. The number of ether oxygens (including phenoxy) is 2. The zero-order chi connectivity index (χ0) is 25.0. The van der Waals surface area contributed by atoms with Crippen LogP contribution in [0.1, 0.15) is 22.3 Å². The number of allylic oxidation sites excluding steroid dienone is 2. The number of hydrogen-bond acceptors (Lipinski definition) is 4. The van der Waals surface area contributed by atoms with E-state index in [1.54, 1.807) is 12.2 Å². The standard InChI is InChI=1S/C32H26O4/c33-21-29(19-25-11-15-31(16-12-25)35-23-27-7-3-1-4-8-27)30(22-34)20-26-13-17-32(18-14-26)36-24-28-9-5-2-6-10-28/h1-22H,23-24H2/b29-19-,30-20-. The van der Waals surface area contributed by atoms with E-state index in [4.69, 9.17) is 9.47 Å². The summed E-state index contributed by atoms with van der Waals surface area (Å²) in [6.07, 6.45) is 4.76. The number of carbonyl (C=O) groups is 2. The Bertz CT molecular complexity index is 1210. The van der Waals surface area contributed by atoms with Gasteiger partial charge >= 0.3 is 0 Å². The van der Waals surface area contributed by atoms with E-state index in [1.165, 1.54) is 0 Å². The molecule has 0 spiro atoms. The van der Waals surface area contributed by atoms with E-state index in [0.29, 0.717) is 36.9 Å². The van der Waals surface area contributed by atoms with Crippen molar-refractivity contribution in [3.8, 4) is 11.5 Å². The molecule has 0 aromatic heterocycles. The Kier molecular flexibility index (Phi) is 8.60. The molecule has 0 radical (unpaired) electrons. The topological polar surface area (TPSA) is 52.6 Å². The third kappa shape index (κ3) is 7.15. The van der Waals surface area contributed by atoms with E-state index in [1.807, 2.05) is 109 Å². The first-order chi connectivity index (χ1) is 17.7. The zero-order valence-corrected chi connectivity index (χ0v) is 19.7. The lowest BCUT2D eigenvalue weighted by Gasteiger charge is -2.07. The highest BCUT2D eigenvalue weighted by molar-refractivity contribution is 6.02. The lowest BCUT2D eigenvalue weighted by Crippen LogP contribution is -1.96. The Morgan fingerprint density at radius 3 is 1.19 bits per heavy atom. The van der Waals surface area contributed by atoms with Gasteiger partial charge in [-0.1, -0.05) is 84.9 Å². The highest BCUT2D eigenvalue weighted by Gasteiger charge is 2.06. The predicted molar refractivity (Wildman–Crippen MR) is 143 cm³/mol. The molecule has 0 atom stereocenters. The molecule has 0 fully saturated rings. The molecule has 178 valence electrons. The molecule has 4 aromatic carbocycles. The Hall–Kier alpha value is -4.70. The largest absolute Gasteiger partial charge is 0.489 e. The summed E-state index contributed by atoms with van der Waals surface area (Å²) in [6.45, 7) is 0.952. The SMILES string of the molecule is O=CC(=C/c1ccc(OCc2ccccc2)cc1)/C(C=O)=C\c1ccc(OCc2ccccc2)cc1. The summed E-state index contributed by atoms with van der Waals surface area (Å²) in [5.41, 5.74) is 4.35. The number of benzene rings is 4. The Morgan fingerprint density at radius 1 is 0.500 bits per heavy atom. The van der Waals surface area contributed by atoms with Crippen LogP contribution in [0.5, 0.6) is 11.5 Å². The average molecular weight is 475 g/mol. The van der Waals surface area contributed by atoms with Crippen molar-refractivity contribution in [2.24, 2.45) is 0 Å². The van der Waals surface area contributed by atoms with Gasteiger partial charge in [-0.3, -0.25) is 9.59 Å². The minimum absolute atomic E-state index is 0.298. The first-order valence-corrected chi connectivity index (χ1v) is 11.6. The van der Waals surface area contributed by atoms with Gasteiger partial charge in [-0.15, -0.1) is 0 Å². The second-order valence-electron chi connectivity index (χ2n) is 8.12. The van der Waals surface area contributed by atoms with Crippen molar-refractivity contribution in [2.45, 2.75) is 13.2 Å². The van der Waals surface area contributed by atoms with Crippen molar-refractivity contribution >= 4 is 24.7 Å². The van der Waals surface area contributed by atoms with E-state index >= 15 is 0 Å². The van der Waals surface area contributed by atoms with Gasteiger partial charge < -0.3 is 9.47 Å². The average Bonchev–Trinajstić information content (AvgIpc) is 2.95. The summed E-state index contributed by atoms with van der Waals surface area (Å²) in [4.78, 5) is 23.6. The molecule has 4 heteroatoms. The molecule has 0 N–H and O–H groups in total. The molecule has 0 aliphatic heterocycles. The summed E-state index contributed by atoms with van der Waals surface area (Å²) >= 11 is 0. The molecule has 0 heterocycles. The number of aldehydes is 2. The molecule has 4 aromatic rings. The van der Waals surface area contributed by atoms with E-state index in [2.05, 4.69) is 0 Å². The second-order valence-corrected chi connectivity index (χ2v) is 8.12. The predicted octanol–water partition coefficient (Wildman–Crippen LogP) is 6.71. The van der Waals surface area contributed by atoms with Crippen LogP contribution in [0.4, 0.5) is 0 Å². The van der Waals surface area contributed by atoms with Gasteiger partial charge in [0.2, 0.25) is 0 Å². The summed E-state index contributed by atoms with van der Waals surface area (Å²) in [6, 6.07) is 34.6. The van der Waals surface area contributed by atoms with Crippen LogP contribution in [0, 0.1) is 0 Å². The van der Waals surface area contributed by atoms with Gasteiger partial charge in [-0.25, -0.2) is 0 Å². The molecule has 0 aliphatic carbocycles. The second kappa shape index (κ2) is 12.7. The van der Waals surface area contributed by atoms with Gasteiger partial charge in [0.15, 0.2) is 12.6 Å². The normalized spacial score (nSPS) is 11.6. The van der Waals surface area contributed by atoms with Crippen LogP contribution in [-0.4, -0.2) is 12.6 Å². The lowest BCUT2D eigenvalue weighted by molar-refractivity contribution is -0.107. The number of carbonyl (C=O) groups excluding carboxylic acids is 2. The summed E-state index contributed by atoms with van der Waals surface area (Å²) < 4.78 is 11.6. The molecule has 4 rings (SSSR count). The van der Waals surface area contributed by atoms with E-state index in [-0.39, 0.29) is 0 Å². The van der Waals surface area contributed by atoms with Crippen molar-refractivity contribution in [3.05, 3.63) is 143 Å². The van der Waals surface area contributed by atoms with Crippen molar-refractivity contribution < 1.29 is 19.1 Å². The maximum Gasteiger partial charge on any atom is 0.150 e. The first kappa shape index (κ1) is 24.4. The summed E-state index contributed by atoms with van der Waals surface area (Å²) in [7, 11) is 0. The van der Waals surface area contributed by atoms with Gasteiger partial charge in [-0.2, -0.15) is 0 Å². The van der Waals surface area contributed by atoms with Crippen molar-refractivity contribution in [2.75, 3.05) is 0 Å². The maximum atomic E-state index is 11.8. The fraction of sp³-hybridized carbons (Fsp3) is 0.0625. The molecule has 4 nitrogen and oxygen atoms in total. The van der Waals surface area contributed by atoms with Crippen LogP contribution < -0.4 is 9.47 Å². The molecule has 0 unspecified atom stereocenters. The lowest BCUT2D eigenvalue weighted by atomic mass is 10.0. The fourth-order valence-corrected chi connectivity index (χ4v) is 3.53. The van der Waals surface area contributed by atoms with Crippen molar-refractivity contribution in [3.63, 3.8) is 0 Å². The van der Waals surface area contributed by atoms with Gasteiger partial charge in [0.25, 0.3) is 0 Å². The van der Waals surface area contributed by atoms with E-state index < -0.39 is 0 Å². The zero-order valence-electron chi connectivity index (χ0n) is 19.7. The minimum Gasteiger partial charge on any atom is -0.489 e. The van der Waals surface area contributed by atoms with Crippen molar-refractivity contribution in [1.82, 2.24) is 0 Å². The third-order valence-electron chi connectivity index (χ3n) is 5.49. The highest BCUT2D eigenvalue weighted by atomic mass is 16.5. The molecule has 0 saturated heterocycles. The minimum atomic E-state index is 0.298. The summed E-state index contributed by atoms with van der Waals surface area (Å²) in [5.74, 6) is 1.45. The van der Waals surface area contributed by atoms with Gasteiger partial charge in [0, 0.05) is 11.1 Å². The van der Waals surface area contributed by atoms with Crippen LogP contribution in [0.25, 0.3) is 12.2 Å². The molecular weight excluding hydrogens is 448 g/mol. The number of rotatable bonds is 11. The molecule has 0 bridgehead atoms. The Balaban J connectivity index is 1.41. The molecular formula is C32H26O4. The van der Waals surface area contributed by atoms with Crippen LogP contribution >= 0.6 is 0 Å². The first-order valence-electron chi connectivity index (χ1n) is 11.6.